The van der Waals surface area contributed by atoms with Gasteiger partial charge in [-0.05, 0) is 30.2 Å². The van der Waals surface area contributed by atoms with E-state index in [0.717, 1.165) is 17.8 Å². The molecule has 0 saturated carbocycles. The Morgan fingerprint density at radius 1 is 1.45 bits per heavy atom. The van der Waals surface area contributed by atoms with Gasteiger partial charge in [0.05, 0.1) is 0 Å². The normalized spacial score (nSPS) is 9.64. The van der Waals surface area contributed by atoms with E-state index in [1.165, 1.54) is 5.56 Å². The molecule has 0 spiro atoms. The van der Waals surface area contributed by atoms with E-state index in [0.29, 0.717) is 0 Å². The summed E-state index contributed by atoms with van der Waals surface area (Å²) in [6, 6.07) is 5.99. The van der Waals surface area contributed by atoms with Crippen molar-refractivity contribution in [3.05, 3.63) is 23.8 Å². The fraction of sp³-hybridized carbons (Fsp3) is 0.333. The highest BCUT2D eigenvalue weighted by Crippen LogP contribution is 2.17. The Bertz CT molecular complexity index is 243. The summed E-state index contributed by atoms with van der Waals surface area (Å²) in [4.78, 5) is 0. The molecule has 2 nitrogen and oxygen atoms in total. The molecule has 1 aromatic rings. The Hall–Kier alpha value is -1.18. The number of rotatable bonds is 2. The van der Waals surface area contributed by atoms with E-state index in [-0.39, 0.29) is 0 Å². The maximum Gasteiger partial charge on any atom is 0.0347 e. The van der Waals surface area contributed by atoms with Crippen molar-refractivity contribution in [3.63, 3.8) is 0 Å². The van der Waals surface area contributed by atoms with Crippen LogP contribution in [-0.2, 0) is 6.42 Å². The monoisotopic (exact) mass is 150 g/mol. The SMILES string of the molecule is CCc1cc(NC)ccc1N. The Labute approximate surface area is 67.4 Å². The molecule has 60 valence electrons. The minimum Gasteiger partial charge on any atom is -0.399 e. The topological polar surface area (TPSA) is 38.0 Å². The van der Waals surface area contributed by atoms with Crippen molar-refractivity contribution in [3.8, 4) is 0 Å². The van der Waals surface area contributed by atoms with Crippen LogP contribution in [0.1, 0.15) is 12.5 Å². The number of hydrogen-bond donors (Lipinski definition) is 2. The molecule has 0 unspecified atom stereocenters. The standard InChI is InChI=1S/C9H14N2/c1-3-7-6-8(11-2)4-5-9(7)10/h4-6,11H,3,10H2,1-2H3. The number of nitrogens with one attached hydrogen (secondary N) is 1. The lowest BCUT2D eigenvalue weighted by atomic mass is 10.1. The van der Waals surface area contributed by atoms with E-state index in [1.807, 2.05) is 19.2 Å². The fourth-order valence-electron chi connectivity index (χ4n) is 1.07. The second kappa shape index (κ2) is 3.28. The van der Waals surface area contributed by atoms with Gasteiger partial charge in [-0.2, -0.15) is 0 Å². The summed E-state index contributed by atoms with van der Waals surface area (Å²) in [6.07, 6.45) is 0.987. The quantitative estimate of drug-likeness (QED) is 0.632. The molecule has 11 heavy (non-hydrogen) atoms. The largest absolute Gasteiger partial charge is 0.399 e. The van der Waals surface area contributed by atoms with Crippen LogP contribution >= 0.6 is 0 Å². The van der Waals surface area contributed by atoms with Gasteiger partial charge in [-0.25, -0.2) is 0 Å². The summed E-state index contributed by atoms with van der Waals surface area (Å²) < 4.78 is 0. The molecule has 0 atom stereocenters. The molecule has 2 heteroatoms. The van der Waals surface area contributed by atoms with Crippen LogP contribution in [0.25, 0.3) is 0 Å². The minimum atomic E-state index is 0.881. The zero-order valence-electron chi connectivity index (χ0n) is 7.02. The average Bonchev–Trinajstić information content (AvgIpc) is 2.05. The van der Waals surface area contributed by atoms with E-state index in [9.17, 15) is 0 Å². The third-order valence-corrected chi connectivity index (χ3v) is 1.81. The molecule has 0 bridgehead atoms. The molecule has 1 aromatic carbocycles. The summed E-state index contributed by atoms with van der Waals surface area (Å²) in [6.45, 7) is 2.10. The zero-order valence-corrected chi connectivity index (χ0v) is 7.02. The van der Waals surface area contributed by atoms with Crippen LogP contribution < -0.4 is 11.1 Å². The molecule has 0 aliphatic rings. The second-order valence-electron chi connectivity index (χ2n) is 2.52. The maximum absolute atomic E-state index is 5.73. The Morgan fingerprint density at radius 2 is 2.18 bits per heavy atom. The summed E-state index contributed by atoms with van der Waals surface area (Å²) in [5.41, 5.74) is 8.93. The van der Waals surface area contributed by atoms with E-state index >= 15 is 0 Å². The fourth-order valence-corrected chi connectivity index (χ4v) is 1.07. The molecule has 0 fully saturated rings. The van der Waals surface area contributed by atoms with Gasteiger partial charge in [0, 0.05) is 18.4 Å². The van der Waals surface area contributed by atoms with Gasteiger partial charge in [-0.15, -0.1) is 0 Å². The molecule has 0 saturated heterocycles. The molecular formula is C9H14N2. The summed E-state index contributed by atoms with van der Waals surface area (Å²) in [7, 11) is 1.91. The lowest BCUT2D eigenvalue weighted by Gasteiger charge is -2.05. The zero-order chi connectivity index (χ0) is 8.27. The smallest absolute Gasteiger partial charge is 0.0347 e. The third kappa shape index (κ3) is 1.64. The Morgan fingerprint density at radius 3 is 2.73 bits per heavy atom. The van der Waals surface area contributed by atoms with E-state index in [1.54, 1.807) is 0 Å². The van der Waals surface area contributed by atoms with Crippen LogP contribution in [0.3, 0.4) is 0 Å². The molecule has 0 aromatic heterocycles. The molecular weight excluding hydrogens is 136 g/mol. The van der Waals surface area contributed by atoms with Crippen molar-refractivity contribution in [2.24, 2.45) is 0 Å². The van der Waals surface area contributed by atoms with Crippen LogP contribution in [-0.4, -0.2) is 7.05 Å². The average molecular weight is 150 g/mol. The van der Waals surface area contributed by atoms with Crippen molar-refractivity contribution in [1.29, 1.82) is 0 Å². The maximum atomic E-state index is 5.73. The first-order valence-electron chi connectivity index (χ1n) is 3.84. The molecule has 1 rings (SSSR count). The first-order chi connectivity index (χ1) is 5.27. The van der Waals surface area contributed by atoms with Crippen LogP contribution in [0.2, 0.25) is 0 Å². The number of hydrogen-bond acceptors (Lipinski definition) is 2. The first-order valence-corrected chi connectivity index (χ1v) is 3.84. The van der Waals surface area contributed by atoms with Crippen LogP contribution in [0.15, 0.2) is 18.2 Å². The Kier molecular flexibility index (Phi) is 2.36. The van der Waals surface area contributed by atoms with Crippen molar-refractivity contribution < 1.29 is 0 Å². The summed E-state index contributed by atoms with van der Waals surface area (Å²) >= 11 is 0. The highest BCUT2D eigenvalue weighted by atomic mass is 14.8. The number of aryl methyl sites for hydroxylation is 1. The minimum absolute atomic E-state index is 0.881. The molecule has 0 aliphatic heterocycles. The van der Waals surface area contributed by atoms with E-state index < -0.39 is 0 Å². The Balaban J connectivity index is 3.02. The third-order valence-electron chi connectivity index (χ3n) is 1.81. The first kappa shape index (κ1) is 7.92. The summed E-state index contributed by atoms with van der Waals surface area (Å²) in [5.74, 6) is 0. The van der Waals surface area contributed by atoms with Gasteiger partial charge < -0.3 is 11.1 Å². The van der Waals surface area contributed by atoms with Crippen molar-refractivity contribution in [2.75, 3.05) is 18.1 Å². The summed E-state index contributed by atoms with van der Waals surface area (Å²) in [5, 5.41) is 3.07. The molecule has 0 heterocycles. The van der Waals surface area contributed by atoms with Gasteiger partial charge in [0.2, 0.25) is 0 Å². The molecule has 3 N–H and O–H groups in total. The van der Waals surface area contributed by atoms with Gasteiger partial charge in [0.1, 0.15) is 0 Å². The highest BCUT2D eigenvalue weighted by Gasteiger charge is 1.96. The number of anilines is 2. The van der Waals surface area contributed by atoms with E-state index in [2.05, 4.69) is 18.3 Å². The lowest BCUT2D eigenvalue weighted by molar-refractivity contribution is 1.14. The van der Waals surface area contributed by atoms with Crippen molar-refractivity contribution in [1.82, 2.24) is 0 Å². The predicted molar refractivity (Wildman–Crippen MR) is 49.8 cm³/mol. The molecule has 0 amide bonds. The van der Waals surface area contributed by atoms with Gasteiger partial charge in [-0.3, -0.25) is 0 Å². The highest BCUT2D eigenvalue weighted by molar-refractivity contribution is 5.56. The van der Waals surface area contributed by atoms with Crippen LogP contribution in [0, 0.1) is 0 Å². The molecule has 0 radical (unpaired) electrons. The van der Waals surface area contributed by atoms with Gasteiger partial charge in [-0.1, -0.05) is 6.92 Å². The predicted octanol–water partition coefficient (Wildman–Crippen LogP) is 1.87. The molecule has 0 aliphatic carbocycles. The van der Waals surface area contributed by atoms with Crippen LogP contribution in [0.4, 0.5) is 11.4 Å². The van der Waals surface area contributed by atoms with E-state index in [4.69, 9.17) is 5.73 Å². The van der Waals surface area contributed by atoms with Gasteiger partial charge in [0.25, 0.3) is 0 Å². The van der Waals surface area contributed by atoms with Crippen molar-refractivity contribution >= 4 is 11.4 Å². The lowest BCUT2D eigenvalue weighted by Crippen LogP contribution is -1.95. The van der Waals surface area contributed by atoms with Gasteiger partial charge >= 0.3 is 0 Å². The number of nitrogen functional groups attached to an aromatic ring is 1. The van der Waals surface area contributed by atoms with Gasteiger partial charge in [0.15, 0.2) is 0 Å². The van der Waals surface area contributed by atoms with Crippen LogP contribution in [0.5, 0.6) is 0 Å². The number of benzene rings is 1. The van der Waals surface area contributed by atoms with Crippen molar-refractivity contribution in [2.45, 2.75) is 13.3 Å². The second-order valence-corrected chi connectivity index (χ2v) is 2.52. The number of nitrogens with two attached hydrogens (primary N) is 1.